The predicted octanol–water partition coefficient (Wildman–Crippen LogP) is 3.89. The summed E-state index contributed by atoms with van der Waals surface area (Å²) in [4.78, 5) is 8.49. The summed E-state index contributed by atoms with van der Waals surface area (Å²) in [5.74, 6) is 2.61. The van der Waals surface area contributed by atoms with Gasteiger partial charge in [0.2, 0.25) is 0 Å². The van der Waals surface area contributed by atoms with Crippen LogP contribution in [0.5, 0.6) is 0 Å². The number of alkyl halides is 1. The normalized spacial score (nSPS) is 22.5. The first kappa shape index (κ1) is 21.6. The first-order valence-corrected chi connectivity index (χ1v) is 12.4. The molecule has 1 aromatic carbocycles. The van der Waals surface area contributed by atoms with Crippen molar-refractivity contribution in [1.29, 1.82) is 0 Å². The molecule has 0 bridgehead atoms. The van der Waals surface area contributed by atoms with E-state index in [1.165, 1.54) is 12.3 Å². The van der Waals surface area contributed by atoms with Crippen LogP contribution in [0.25, 0.3) is 5.69 Å². The molecule has 3 aliphatic heterocycles. The fourth-order valence-electron chi connectivity index (χ4n) is 6.19. The van der Waals surface area contributed by atoms with Crippen molar-refractivity contribution in [3.63, 3.8) is 0 Å². The van der Waals surface area contributed by atoms with Crippen LogP contribution in [0, 0.1) is 11.2 Å². The van der Waals surface area contributed by atoms with Crippen molar-refractivity contribution in [3.8, 4) is 5.69 Å². The maximum Gasteiger partial charge on any atom is 0.169 e. The van der Waals surface area contributed by atoms with E-state index in [2.05, 4.69) is 29.5 Å². The summed E-state index contributed by atoms with van der Waals surface area (Å²) >= 11 is 6.34. The number of anilines is 1. The second kappa shape index (κ2) is 7.69. The molecule has 2 saturated heterocycles. The lowest BCUT2D eigenvalue weighted by atomic mass is 9.57. The van der Waals surface area contributed by atoms with E-state index < -0.39 is 5.67 Å². The van der Waals surface area contributed by atoms with Gasteiger partial charge >= 0.3 is 0 Å². The van der Waals surface area contributed by atoms with Crippen molar-refractivity contribution in [2.24, 2.45) is 5.41 Å². The number of ether oxygens (including phenoxy) is 1. The standard InChI is InChI=1S/C25H25ClF2N6O/c26-18-1-3-20-16(5-18)9-32(13-25(28)14-35-15-25)10-22-30-31-23(34(20)22)17-6-24(7-17)11-33(12-24)21-4-2-19(27)8-29-21/h1-5,8,17H,6-7,9-15H2. The third-order valence-corrected chi connectivity index (χ3v) is 8.07. The van der Waals surface area contributed by atoms with Gasteiger partial charge in [0.25, 0.3) is 0 Å². The van der Waals surface area contributed by atoms with Crippen LogP contribution in [-0.2, 0) is 17.8 Å². The highest BCUT2D eigenvalue weighted by atomic mass is 35.5. The van der Waals surface area contributed by atoms with E-state index in [1.54, 1.807) is 6.07 Å². The molecule has 7 nitrogen and oxygen atoms in total. The van der Waals surface area contributed by atoms with Crippen LogP contribution in [0.15, 0.2) is 36.5 Å². The zero-order chi connectivity index (χ0) is 23.8. The lowest BCUT2D eigenvalue weighted by molar-refractivity contribution is -0.142. The summed E-state index contributed by atoms with van der Waals surface area (Å²) in [7, 11) is 0. The number of pyridine rings is 1. The Morgan fingerprint density at radius 2 is 1.91 bits per heavy atom. The molecule has 10 heteroatoms. The van der Waals surface area contributed by atoms with Gasteiger partial charge in [-0.2, -0.15) is 0 Å². The maximum absolute atomic E-state index is 14.9. The number of rotatable bonds is 4. The minimum absolute atomic E-state index is 0.137. The Morgan fingerprint density at radius 3 is 2.63 bits per heavy atom. The van der Waals surface area contributed by atoms with Crippen LogP contribution in [0.1, 0.15) is 36.0 Å². The third kappa shape index (κ3) is 3.63. The number of hydrogen-bond acceptors (Lipinski definition) is 6. The molecule has 0 radical (unpaired) electrons. The summed E-state index contributed by atoms with van der Waals surface area (Å²) in [5, 5.41) is 9.84. The number of hydrogen-bond donors (Lipinski definition) is 0. The largest absolute Gasteiger partial charge is 0.375 e. The Labute approximate surface area is 206 Å². The van der Waals surface area contributed by atoms with Gasteiger partial charge in [0.1, 0.15) is 17.5 Å². The first-order chi connectivity index (χ1) is 16.9. The lowest BCUT2D eigenvalue weighted by Crippen LogP contribution is -2.62. The quantitative estimate of drug-likeness (QED) is 0.544. The van der Waals surface area contributed by atoms with Gasteiger partial charge in [-0.25, -0.2) is 13.8 Å². The van der Waals surface area contributed by atoms with Gasteiger partial charge in [-0.15, -0.1) is 10.2 Å². The molecule has 0 amide bonds. The van der Waals surface area contributed by atoms with Crippen LogP contribution >= 0.6 is 11.6 Å². The van der Waals surface area contributed by atoms with Crippen LogP contribution < -0.4 is 4.90 Å². The molecule has 5 heterocycles. The number of fused-ring (bicyclic) bond motifs is 3. The van der Waals surface area contributed by atoms with Crippen molar-refractivity contribution < 1.29 is 13.5 Å². The molecule has 1 saturated carbocycles. The van der Waals surface area contributed by atoms with E-state index >= 15 is 0 Å². The van der Waals surface area contributed by atoms with Crippen LogP contribution in [0.3, 0.4) is 0 Å². The minimum atomic E-state index is -1.31. The average molecular weight is 499 g/mol. The predicted molar refractivity (Wildman–Crippen MR) is 126 cm³/mol. The molecule has 3 fully saturated rings. The van der Waals surface area contributed by atoms with Crippen LogP contribution in [-0.4, -0.2) is 63.2 Å². The Bertz CT molecular complexity index is 1280. The number of aromatic nitrogens is 4. The maximum atomic E-state index is 14.9. The molecule has 35 heavy (non-hydrogen) atoms. The molecular formula is C25H25ClF2N6O. The Hall–Kier alpha value is -2.62. The fraction of sp³-hybridized carbons (Fsp3) is 0.480. The summed E-state index contributed by atoms with van der Waals surface area (Å²) in [6.07, 6.45) is 3.33. The summed E-state index contributed by atoms with van der Waals surface area (Å²) in [5.41, 5.74) is 1.01. The molecule has 7 rings (SSSR count). The van der Waals surface area contributed by atoms with Gasteiger partial charge < -0.3 is 9.64 Å². The van der Waals surface area contributed by atoms with Gasteiger partial charge in [-0.05, 0) is 48.7 Å². The fourth-order valence-corrected chi connectivity index (χ4v) is 6.38. The van der Waals surface area contributed by atoms with Crippen LogP contribution in [0.2, 0.25) is 5.02 Å². The average Bonchev–Trinajstić information content (AvgIpc) is 3.08. The van der Waals surface area contributed by atoms with Crippen molar-refractivity contribution in [1.82, 2.24) is 24.6 Å². The van der Waals surface area contributed by atoms with Crippen LogP contribution in [0.4, 0.5) is 14.6 Å². The highest BCUT2D eigenvalue weighted by Gasteiger charge is 2.54. The van der Waals surface area contributed by atoms with Crippen molar-refractivity contribution in [2.75, 3.05) is 37.7 Å². The third-order valence-electron chi connectivity index (χ3n) is 7.84. The monoisotopic (exact) mass is 498 g/mol. The van der Waals surface area contributed by atoms with Gasteiger partial charge in [0.15, 0.2) is 11.5 Å². The van der Waals surface area contributed by atoms with E-state index in [1.807, 2.05) is 18.2 Å². The second-order valence-corrected chi connectivity index (χ2v) is 11.1. The van der Waals surface area contributed by atoms with Gasteiger partial charge in [0, 0.05) is 42.5 Å². The van der Waals surface area contributed by atoms with Crippen molar-refractivity contribution in [3.05, 3.63) is 64.6 Å². The highest BCUT2D eigenvalue weighted by Crippen LogP contribution is 2.56. The van der Waals surface area contributed by atoms with Gasteiger partial charge in [0.05, 0.1) is 31.6 Å². The molecule has 182 valence electrons. The highest BCUT2D eigenvalue weighted by molar-refractivity contribution is 6.30. The van der Waals surface area contributed by atoms with E-state index in [0.717, 1.165) is 54.6 Å². The summed E-state index contributed by atoms with van der Waals surface area (Å²) < 4.78 is 35.4. The second-order valence-electron chi connectivity index (χ2n) is 10.7. The van der Waals surface area contributed by atoms with E-state index in [9.17, 15) is 8.78 Å². The van der Waals surface area contributed by atoms with Crippen molar-refractivity contribution in [2.45, 2.75) is 37.5 Å². The molecule has 0 atom stereocenters. The summed E-state index contributed by atoms with van der Waals surface area (Å²) in [6.45, 7) is 3.52. The molecule has 3 aromatic rings. The zero-order valence-corrected chi connectivity index (χ0v) is 19.9. The molecule has 0 N–H and O–H groups in total. The molecule has 0 unspecified atom stereocenters. The molecule has 2 aromatic heterocycles. The zero-order valence-electron chi connectivity index (χ0n) is 19.1. The Kier molecular flexibility index (Phi) is 4.75. The Morgan fingerprint density at radius 1 is 1.09 bits per heavy atom. The van der Waals surface area contributed by atoms with E-state index in [0.29, 0.717) is 30.6 Å². The van der Waals surface area contributed by atoms with Gasteiger partial charge in [-0.3, -0.25) is 9.47 Å². The van der Waals surface area contributed by atoms with Crippen molar-refractivity contribution >= 4 is 17.4 Å². The number of halogens is 3. The smallest absolute Gasteiger partial charge is 0.169 e. The number of nitrogens with zero attached hydrogens (tertiary/aromatic N) is 6. The molecule has 1 spiro atoms. The van der Waals surface area contributed by atoms with E-state index in [-0.39, 0.29) is 24.4 Å². The topological polar surface area (TPSA) is 59.3 Å². The van der Waals surface area contributed by atoms with Gasteiger partial charge in [-0.1, -0.05) is 11.6 Å². The summed E-state index contributed by atoms with van der Waals surface area (Å²) in [6, 6.07) is 9.07. The minimum Gasteiger partial charge on any atom is -0.375 e. The lowest BCUT2D eigenvalue weighted by Gasteiger charge is -2.59. The molecular weight excluding hydrogens is 474 g/mol. The number of benzene rings is 1. The molecule has 4 aliphatic rings. The molecule has 1 aliphatic carbocycles. The first-order valence-electron chi connectivity index (χ1n) is 12.0. The van der Waals surface area contributed by atoms with E-state index in [4.69, 9.17) is 16.3 Å². The Balaban J connectivity index is 1.12. The SMILES string of the molecule is Fc1ccc(N2CC3(CC(c4nnc5n4-c4ccc(Cl)cc4CN(CC4(F)COC4)C5)C3)C2)nc1.